The summed E-state index contributed by atoms with van der Waals surface area (Å²) in [5.41, 5.74) is 4.91. The van der Waals surface area contributed by atoms with E-state index in [1.807, 2.05) is 0 Å². The number of carbonyl (C=O) groups is 2. The van der Waals surface area contributed by atoms with Gasteiger partial charge in [-0.3, -0.25) is 4.79 Å². The van der Waals surface area contributed by atoms with Gasteiger partial charge < -0.3 is 15.2 Å². The highest BCUT2D eigenvalue weighted by Gasteiger charge is 2.17. The Morgan fingerprint density at radius 2 is 2.06 bits per heavy atom. The second-order valence-corrected chi connectivity index (χ2v) is 3.30. The summed E-state index contributed by atoms with van der Waals surface area (Å²) in [5.74, 6) is -2.26. The van der Waals surface area contributed by atoms with Gasteiger partial charge in [-0.25, -0.2) is 9.18 Å². The minimum absolute atomic E-state index is 0.0172. The first kappa shape index (κ1) is 13.0. The standard InChI is InChI=1S/C11H12FNO4/c1-6(10(13)14)17-11(15)7-3-4-9(16-2)8(12)5-7/h3-6H,1-2H3,(H2,13,14)/t6-/m0/s1. The van der Waals surface area contributed by atoms with E-state index in [0.29, 0.717) is 0 Å². The Hall–Kier alpha value is -2.11. The van der Waals surface area contributed by atoms with Crippen molar-refractivity contribution in [2.75, 3.05) is 7.11 Å². The van der Waals surface area contributed by atoms with Gasteiger partial charge in [-0.05, 0) is 25.1 Å². The van der Waals surface area contributed by atoms with E-state index >= 15 is 0 Å². The molecule has 17 heavy (non-hydrogen) atoms. The predicted molar refractivity (Wildman–Crippen MR) is 57.0 cm³/mol. The largest absolute Gasteiger partial charge is 0.494 e. The summed E-state index contributed by atoms with van der Waals surface area (Å²) in [6.07, 6.45) is -1.06. The van der Waals surface area contributed by atoms with Gasteiger partial charge in [0.1, 0.15) is 0 Å². The van der Waals surface area contributed by atoms with Gasteiger partial charge in [0, 0.05) is 0 Å². The first-order chi connectivity index (χ1) is 7.95. The molecule has 1 aromatic rings. The minimum Gasteiger partial charge on any atom is -0.494 e. The summed E-state index contributed by atoms with van der Waals surface area (Å²) in [6, 6.07) is 3.59. The second-order valence-electron chi connectivity index (χ2n) is 3.30. The monoisotopic (exact) mass is 241 g/mol. The summed E-state index contributed by atoms with van der Waals surface area (Å²) >= 11 is 0. The number of ether oxygens (including phenoxy) is 2. The van der Waals surface area contributed by atoms with Crippen molar-refractivity contribution in [3.63, 3.8) is 0 Å². The molecule has 0 aliphatic rings. The smallest absolute Gasteiger partial charge is 0.339 e. The number of methoxy groups -OCH3 is 1. The van der Waals surface area contributed by atoms with E-state index in [4.69, 9.17) is 15.2 Å². The highest BCUT2D eigenvalue weighted by Crippen LogP contribution is 2.18. The molecule has 0 aromatic heterocycles. The molecule has 1 aromatic carbocycles. The lowest BCUT2D eigenvalue weighted by molar-refractivity contribution is -0.125. The quantitative estimate of drug-likeness (QED) is 0.793. The van der Waals surface area contributed by atoms with Gasteiger partial charge in [-0.2, -0.15) is 0 Å². The van der Waals surface area contributed by atoms with E-state index in [0.717, 1.165) is 6.07 Å². The maximum absolute atomic E-state index is 13.3. The lowest BCUT2D eigenvalue weighted by atomic mass is 10.2. The number of rotatable bonds is 4. The summed E-state index contributed by atoms with van der Waals surface area (Å²) in [6.45, 7) is 1.33. The van der Waals surface area contributed by atoms with E-state index in [-0.39, 0.29) is 11.3 Å². The van der Waals surface area contributed by atoms with Crippen LogP contribution in [0.15, 0.2) is 18.2 Å². The SMILES string of the molecule is COc1ccc(C(=O)O[C@@H](C)C(N)=O)cc1F. The lowest BCUT2D eigenvalue weighted by Gasteiger charge is -2.10. The summed E-state index contributed by atoms with van der Waals surface area (Å²) in [5, 5.41) is 0. The lowest BCUT2D eigenvalue weighted by Crippen LogP contribution is -2.30. The van der Waals surface area contributed by atoms with E-state index in [1.165, 1.54) is 26.2 Å². The number of nitrogens with two attached hydrogens (primary N) is 1. The zero-order valence-electron chi connectivity index (χ0n) is 9.40. The van der Waals surface area contributed by atoms with Gasteiger partial charge in [-0.15, -0.1) is 0 Å². The average Bonchev–Trinajstić information content (AvgIpc) is 2.28. The zero-order chi connectivity index (χ0) is 13.0. The van der Waals surface area contributed by atoms with Crippen LogP contribution in [-0.2, 0) is 9.53 Å². The van der Waals surface area contributed by atoms with Gasteiger partial charge >= 0.3 is 5.97 Å². The van der Waals surface area contributed by atoms with Gasteiger partial charge in [0.25, 0.3) is 5.91 Å². The molecular weight excluding hydrogens is 229 g/mol. The van der Waals surface area contributed by atoms with Gasteiger partial charge in [0.2, 0.25) is 0 Å². The van der Waals surface area contributed by atoms with Crippen molar-refractivity contribution >= 4 is 11.9 Å². The molecule has 1 amide bonds. The fraction of sp³-hybridized carbons (Fsp3) is 0.273. The van der Waals surface area contributed by atoms with Crippen LogP contribution < -0.4 is 10.5 Å². The number of primary amides is 1. The third kappa shape index (κ3) is 3.17. The molecule has 5 nitrogen and oxygen atoms in total. The Morgan fingerprint density at radius 3 is 2.53 bits per heavy atom. The molecule has 1 atom stereocenters. The predicted octanol–water partition coefficient (Wildman–Crippen LogP) is 0.865. The minimum atomic E-state index is -1.06. The van der Waals surface area contributed by atoms with Crippen LogP contribution in [-0.4, -0.2) is 25.1 Å². The van der Waals surface area contributed by atoms with Crippen LogP contribution in [0.1, 0.15) is 17.3 Å². The van der Waals surface area contributed by atoms with Crippen LogP contribution in [0.2, 0.25) is 0 Å². The molecular formula is C11H12FNO4. The molecule has 92 valence electrons. The van der Waals surface area contributed by atoms with E-state index in [9.17, 15) is 14.0 Å². The molecule has 2 N–H and O–H groups in total. The molecule has 0 saturated carbocycles. The van der Waals surface area contributed by atoms with Crippen LogP contribution in [0.5, 0.6) is 5.75 Å². The van der Waals surface area contributed by atoms with Crippen molar-refractivity contribution in [1.82, 2.24) is 0 Å². The number of benzene rings is 1. The van der Waals surface area contributed by atoms with E-state index < -0.39 is 23.8 Å². The number of amides is 1. The fourth-order valence-electron chi connectivity index (χ4n) is 1.08. The molecule has 0 bridgehead atoms. The van der Waals surface area contributed by atoms with Crippen molar-refractivity contribution in [2.45, 2.75) is 13.0 Å². The van der Waals surface area contributed by atoms with Crippen LogP contribution >= 0.6 is 0 Å². The highest BCUT2D eigenvalue weighted by molar-refractivity contribution is 5.92. The molecule has 0 aliphatic heterocycles. The Labute approximate surface area is 97.3 Å². The topological polar surface area (TPSA) is 78.6 Å². The summed E-state index contributed by atoms with van der Waals surface area (Å²) < 4.78 is 22.7. The van der Waals surface area contributed by atoms with Crippen molar-refractivity contribution in [3.8, 4) is 5.75 Å². The third-order valence-electron chi connectivity index (χ3n) is 2.07. The second kappa shape index (κ2) is 5.29. The first-order valence-corrected chi connectivity index (χ1v) is 4.79. The fourth-order valence-corrected chi connectivity index (χ4v) is 1.08. The normalized spacial score (nSPS) is 11.7. The summed E-state index contributed by atoms with van der Waals surface area (Å²) in [4.78, 5) is 22.2. The highest BCUT2D eigenvalue weighted by atomic mass is 19.1. The molecule has 0 heterocycles. The number of hydrogen-bond acceptors (Lipinski definition) is 4. The van der Waals surface area contributed by atoms with Crippen molar-refractivity contribution in [3.05, 3.63) is 29.6 Å². The first-order valence-electron chi connectivity index (χ1n) is 4.79. The van der Waals surface area contributed by atoms with Crippen LogP contribution in [0.25, 0.3) is 0 Å². The molecule has 1 rings (SSSR count). The van der Waals surface area contributed by atoms with E-state index in [1.54, 1.807) is 0 Å². The molecule has 0 aliphatic carbocycles. The Balaban J connectivity index is 2.83. The number of halogens is 1. The van der Waals surface area contributed by atoms with Gasteiger partial charge in [0.05, 0.1) is 12.7 Å². The molecule has 0 saturated heterocycles. The zero-order valence-corrected chi connectivity index (χ0v) is 9.40. The molecule has 0 spiro atoms. The van der Waals surface area contributed by atoms with Crippen molar-refractivity contribution in [2.24, 2.45) is 5.73 Å². The van der Waals surface area contributed by atoms with Gasteiger partial charge in [-0.1, -0.05) is 0 Å². The van der Waals surface area contributed by atoms with Crippen molar-refractivity contribution in [1.29, 1.82) is 0 Å². The maximum Gasteiger partial charge on any atom is 0.339 e. The Bertz CT molecular complexity index is 447. The molecule has 0 unspecified atom stereocenters. The van der Waals surface area contributed by atoms with Gasteiger partial charge in [0.15, 0.2) is 17.7 Å². The third-order valence-corrected chi connectivity index (χ3v) is 2.07. The van der Waals surface area contributed by atoms with Crippen LogP contribution in [0.3, 0.4) is 0 Å². The Morgan fingerprint density at radius 1 is 1.41 bits per heavy atom. The van der Waals surface area contributed by atoms with E-state index in [2.05, 4.69) is 0 Å². The number of carbonyl (C=O) groups excluding carboxylic acids is 2. The van der Waals surface area contributed by atoms with Crippen molar-refractivity contribution < 1.29 is 23.5 Å². The maximum atomic E-state index is 13.3. The van der Waals surface area contributed by atoms with Crippen LogP contribution in [0.4, 0.5) is 4.39 Å². The molecule has 0 fully saturated rings. The number of hydrogen-bond donors (Lipinski definition) is 1. The number of esters is 1. The average molecular weight is 241 g/mol. The summed E-state index contributed by atoms with van der Waals surface area (Å²) in [7, 11) is 1.31. The van der Waals surface area contributed by atoms with Crippen LogP contribution in [0, 0.1) is 5.82 Å². The molecule has 6 heteroatoms. The Kier molecular flexibility index (Phi) is 4.03. The molecule has 0 radical (unpaired) electrons.